The summed E-state index contributed by atoms with van der Waals surface area (Å²) in [7, 11) is 1.56. The summed E-state index contributed by atoms with van der Waals surface area (Å²) in [6.07, 6.45) is 0. The first-order valence-corrected chi connectivity index (χ1v) is 6.28. The van der Waals surface area contributed by atoms with Crippen LogP contribution >= 0.6 is 0 Å². The summed E-state index contributed by atoms with van der Waals surface area (Å²) in [6, 6.07) is 10.7. The Kier molecular flexibility index (Phi) is 3.06. The van der Waals surface area contributed by atoms with Gasteiger partial charge in [0.15, 0.2) is 17.3 Å². The number of fused-ring (bicyclic) bond motifs is 1. The van der Waals surface area contributed by atoms with Crippen molar-refractivity contribution in [3.63, 3.8) is 0 Å². The highest BCUT2D eigenvalue weighted by molar-refractivity contribution is 6.11. The lowest BCUT2D eigenvalue weighted by atomic mass is 10.0. The minimum Gasteiger partial charge on any atom is -0.496 e. The van der Waals surface area contributed by atoms with Crippen LogP contribution in [0.4, 0.5) is 0 Å². The van der Waals surface area contributed by atoms with Crippen LogP contribution in [0.3, 0.4) is 0 Å². The van der Waals surface area contributed by atoms with E-state index in [-0.39, 0.29) is 12.6 Å². The van der Waals surface area contributed by atoms with Crippen molar-refractivity contribution in [3.05, 3.63) is 53.1 Å². The molecule has 1 aliphatic rings. The van der Waals surface area contributed by atoms with Crippen LogP contribution in [0, 0.1) is 6.92 Å². The van der Waals surface area contributed by atoms with Crippen LogP contribution in [0.5, 0.6) is 17.2 Å². The first-order valence-electron chi connectivity index (χ1n) is 6.28. The van der Waals surface area contributed by atoms with Crippen LogP contribution in [0.1, 0.15) is 21.5 Å². The SMILES string of the molecule is COc1ccc(C)cc1C(=O)c1ccc2c(c1)OCO2. The summed E-state index contributed by atoms with van der Waals surface area (Å²) in [5, 5.41) is 0. The van der Waals surface area contributed by atoms with E-state index >= 15 is 0 Å². The van der Waals surface area contributed by atoms with E-state index in [0.29, 0.717) is 28.4 Å². The molecule has 0 atom stereocenters. The third-order valence-corrected chi connectivity index (χ3v) is 3.23. The van der Waals surface area contributed by atoms with Crippen molar-refractivity contribution in [1.29, 1.82) is 0 Å². The van der Waals surface area contributed by atoms with Crippen molar-refractivity contribution in [3.8, 4) is 17.2 Å². The van der Waals surface area contributed by atoms with Crippen LogP contribution in [0.2, 0.25) is 0 Å². The molecule has 4 heteroatoms. The smallest absolute Gasteiger partial charge is 0.231 e. The highest BCUT2D eigenvalue weighted by atomic mass is 16.7. The number of ether oxygens (including phenoxy) is 3. The molecule has 0 fully saturated rings. The van der Waals surface area contributed by atoms with Crippen LogP contribution in [0.15, 0.2) is 36.4 Å². The molecule has 0 spiro atoms. The zero-order valence-corrected chi connectivity index (χ0v) is 11.3. The van der Waals surface area contributed by atoms with Gasteiger partial charge in [-0.15, -0.1) is 0 Å². The quantitative estimate of drug-likeness (QED) is 0.804. The van der Waals surface area contributed by atoms with Gasteiger partial charge in [-0.3, -0.25) is 4.79 Å². The fraction of sp³-hybridized carbons (Fsp3) is 0.188. The maximum absolute atomic E-state index is 12.6. The molecule has 0 aliphatic carbocycles. The van der Waals surface area contributed by atoms with Gasteiger partial charge in [0.05, 0.1) is 12.7 Å². The molecule has 1 aliphatic heterocycles. The number of rotatable bonds is 3. The third-order valence-electron chi connectivity index (χ3n) is 3.23. The Balaban J connectivity index is 2.02. The normalized spacial score (nSPS) is 12.3. The van der Waals surface area contributed by atoms with Gasteiger partial charge in [-0.2, -0.15) is 0 Å². The molecule has 0 amide bonds. The molecular formula is C16H14O4. The summed E-state index contributed by atoms with van der Waals surface area (Å²) in [5.74, 6) is 1.74. The molecular weight excluding hydrogens is 256 g/mol. The Morgan fingerprint density at radius 2 is 1.90 bits per heavy atom. The van der Waals surface area contributed by atoms with Crippen LogP contribution in [0.25, 0.3) is 0 Å². The second-order valence-corrected chi connectivity index (χ2v) is 4.60. The molecule has 2 aromatic carbocycles. The van der Waals surface area contributed by atoms with E-state index in [0.717, 1.165) is 5.56 Å². The predicted molar refractivity (Wildman–Crippen MR) is 73.7 cm³/mol. The molecule has 3 rings (SSSR count). The lowest BCUT2D eigenvalue weighted by Gasteiger charge is -2.09. The number of ketones is 1. The fourth-order valence-electron chi connectivity index (χ4n) is 2.19. The van der Waals surface area contributed by atoms with Gasteiger partial charge in [-0.1, -0.05) is 11.6 Å². The number of benzene rings is 2. The third kappa shape index (κ3) is 2.09. The maximum Gasteiger partial charge on any atom is 0.231 e. The topological polar surface area (TPSA) is 44.8 Å². The molecule has 2 aromatic rings. The summed E-state index contributed by atoms with van der Waals surface area (Å²) >= 11 is 0. The second-order valence-electron chi connectivity index (χ2n) is 4.60. The number of methoxy groups -OCH3 is 1. The van der Waals surface area contributed by atoms with Crippen molar-refractivity contribution in [2.45, 2.75) is 6.92 Å². The Labute approximate surface area is 116 Å². The average Bonchev–Trinajstić information content (AvgIpc) is 2.93. The van der Waals surface area contributed by atoms with E-state index in [9.17, 15) is 4.79 Å². The van der Waals surface area contributed by atoms with E-state index in [1.165, 1.54) is 0 Å². The van der Waals surface area contributed by atoms with Crippen LogP contribution in [-0.2, 0) is 0 Å². The molecule has 1 heterocycles. The highest BCUT2D eigenvalue weighted by Crippen LogP contribution is 2.34. The van der Waals surface area contributed by atoms with Gasteiger partial charge in [0.1, 0.15) is 5.75 Å². The standard InChI is InChI=1S/C16H14O4/c1-10-3-5-13(18-2)12(7-10)16(17)11-4-6-14-15(8-11)20-9-19-14/h3-8H,9H2,1-2H3. The molecule has 0 unspecified atom stereocenters. The van der Waals surface area contributed by atoms with Gasteiger partial charge in [-0.25, -0.2) is 0 Å². The average molecular weight is 270 g/mol. The van der Waals surface area contributed by atoms with Crippen LogP contribution in [-0.4, -0.2) is 19.7 Å². The maximum atomic E-state index is 12.6. The zero-order chi connectivity index (χ0) is 14.1. The van der Waals surface area contributed by atoms with E-state index < -0.39 is 0 Å². The van der Waals surface area contributed by atoms with E-state index in [1.54, 1.807) is 31.4 Å². The van der Waals surface area contributed by atoms with Crippen molar-refractivity contribution in [1.82, 2.24) is 0 Å². The van der Waals surface area contributed by atoms with Gasteiger partial charge in [0, 0.05) is 5.56 Å². The van der Waals surface area contributed by atoms with Gasteiger partial charge in [0.2, 0.25) is 6.79 Å². The molecule has 20 heavy (non-hydrogen) atoms. The number of hydrogen-bond donors (Lipinski definition) is 0. The van der Waals surface area contributed by atoms with Crippen molar-refractivity contribution >= 4 is 5.78 Å². The molecule has 0 saturated carbocycles. The molecule has 0 saturated heterocycles. The number of hydrogen-bond acceptors (Lipinski definition) is 4. The summed E-state index contributed by atoms with van der Waals surface area (Å²) < 4.78 is 15.8. The Bertz CT molecular complexity index is 676. The highest BCUT2D eigenvalue weighted by Gasteiger charge is 2.19. The number of carbonyl (C=O) groups is 1. The molecule has 0 bridgehead atoms. The Hall–Kier alpha value is -2.49. The van der Waals surface area contributed by atoms with Gasteiger partial charge < -0.3 is 14.2 Å². The van der Waals surface area contributed by atoms with Crippen molar-refractivity contribution < 1.29 is 19.0 Å². The molecule has 0 N–H and O–H groups in total. The monoisotopic (exact) mass is 270 g/mol. The molecule has 102 valence electrons. The molecule has 0 aromatic heterocycles. The first kappa shape index (κ1) is 12.5. The lowest BCUT2D eigenvalue weighted by Crippen LogP contribution is -2.04. The number of carbonyl (C=O) groups excluding carboxylic acids is 1. The zero-order valence-electron chi connectivity index (χ0n) is 11.3. The van der Waals surface area contributed by atoms with Gasteiger partial charge in [0.25, 0.3) is 0 Å². The van der Waals surface area contributed by atoms with Crippen molar-refractivity contribution in [2.24, 2.45) is 0 Å². The number of aryl methyl sites for hydroxylation is 1. The Morgan fingerprint density at radius 3 is 2.70 bits per heavy atom. The van der Waals surface area contributed by atoms with Gasteiger partial charge >= 0.3 is 0 Å². The van der Waals surface area contributed by atoms with Crippen LogP contribution < -0.4 is 14.2 Å². The molecule has 0 radical (unpaired) electrons. The van der Waals surface area contributed by atoms with E-state index in [1.807, 2.05) is 19.1 Å². The van der Waals surface area contributed by atoms with E-state index in [4.69, 9.17) is 14.2 Å². The summed E-state index contributed by atoms with van der Waals surface area (Å²) in [6.45, 7) is 2.14. The predicted octanol–water partition coefficient (Wildman–Crippen LogP) is 2.96. The summed E-state index contributed by atoms with van der Waals surface area (Å²) in [5.41, 5.74) is 2.11. The first-order chi connectivity index (χ1) is 9.69. The largest absolute Gasteiger partial charge is 0.496 e. The second kappa shape index (κ2) is 4.89. The minimum absolute atomic E-state index is 0.0937. The lowest BCUT2D eigenvalue weighted by molar-refractivity contribution is 0.103. The van der Waals surface area contributed by atoms with Crippen molar-refractivity contribution in [2.75, 3.05) is 13.9 Å². The summed E-state index contributed by atoms with van der Waals surface area (Å²) in [4.78, 5) is 12.6. The van der Waals surface area contributed by atoms with Gasteiger partial charge in [-0.05, 0) is 37.3 Å². The molecule has 4 nitrogen and oxygen atoms in total. The fourth-order valence-corrected chi connectivity index (χ4v) is 2.19. The van der Waals surface area contributed by atoms with E-state index in [2.05, 4.69) is 0 Å². The Morgan fingerprint density at radius 1 is 1.10 bits per heavy atom. The minimum atomic E-state index is -0.0937.